The molecule has 0 saturated heterocycles. The standard InChI is InChI=1S/C24H26AsNO6S2/c1-16(14-30-2)32-20-11-18(10-19(12-20)31-9-8-17-6-4-3-5-7-17)23(29)25-24-26-13-22(34-24)33-15-21(27)28/h3-7,10-13,16,25H,8-9,14-15H2,1-2H3,(H,27,28)/t16-/m0/s1. The van der Waals surface area contributed by atoms with Gasteiger partial charge in [0, 0.05) is 0 Å². The van der Waals surface area contributed by atoms with Gasteiger partial charge < -0.3 is 0 Å². The monoisotopic (exact) mass is 563 g/mol. The van der Waals surface area contributed by atoms with E-state index >= 15 is 0 Å². The van der Waals surface area contributed by atoms with Crippen molar-refractivity contribution in [2.45, 2.75) is 23.7 Å². The third-order valence-electron chi connectivity index (χ3n) is 4.43. The van der Waals surface area contributed by atoms with Gasteiger partial charge >= 0.3 is 214 Å². The molecular weight excluding hydrogens is 537 g/mol. The van der Waals surface area contributed by atoms with Crippen molar-refractivity contribution in [1.82, 2.24) is 4.98 Å². The zero-order valence-electron chi connectivity index (χ0n) is 18.9. The minimum atomic E-state index is -1.21. The third-order valence-corrected chi connectivity index (χ3v) is 9.39. The van der Waals surface area contributed by atoms with Gasteiger partial charge in [0.15, 0.2) is 0 Å². The predicted octanol–water partition coefficient (Wildman–Crippen LogP) is 3.26. The number of carbonyl (C=O) groups excluding carboxylic acids is 1. The number of carbonyl (C=O) groups is 2. The summed E-state index contributed by atoms with van der Waals surface area (Å²) in [6, 6.07) is 15.3. The Morgan fingerprint density at radius 2 is 1.94 bits per heavy atom. The Morgan fingerprint density at radius 1 is 1.18 bits per heavy atom. The maximum absolute atomic E-state index is 13.1. The van der Waals surface area contributed by atoms with Crippen molar-refractivity contribution in [3.8, 4) is 11.5 Å². The van der Waals surface area contributed by atoms with Crippen LogP contribution in [0.3, 0.4) is 0 Å². The van der Waals surface area contributed by atoms with Gasteiger partial charge in [-0.3, -0.25) is 0 Å². The molecule has 0 aliphatic rings. The zero-order valence-corrected chi connectivity index (χ0v) is 22.6. The second-order valence-electron chi connectivity index (χ2n) is 7.28. The first-order chi connectivity index (χ1) is 16.4. The summed E-state index contributed by atoms with van der Waals surface area (Å²) in [6.07, 6.45) is 2.20. The van der Waals surface area contributed by atoms with Crippen molar-refractivity contribution >= 4 is 53.2 Å². The Bertz CT molecular complexity index is 1090. The van der Waals surface area contributed by atoms with Crippen LogP contribution in [0, 0.1) is 0 Å². The van der Waals surface area contributed by atoms with E-state index in [1.54, 1.807) is 31.5 Å². The number of carboxylic acid groups (broad SMARTS) is 1. The van der Waals surface area contributed by atoms with Gasteiger partial charge in [0.25, 0.3) is 0 Å². The molecule has 0 aliphatic carbocycles. The molecule has 2 aromatic carbocycles. The number of ether oxygens (including phenoxy) is 3. The van der Waals surface area contributed by atoms with Crippen LogP contribution in [0.1, 0.15) is 22.8 Å². The molecule has 0 radical (unpaired) electrons. The number of benzene rings is 2. The molecule has 0 fully saturated rings. The van der Waals surface area contributed by atoms with Gasteiger partial charge in [0.1, 0.15) is 0 Å². The first-order valence-corrected chi connectivity index (χ1v) is 14.4. The topological polar surface area (TPSA) is 95.0 Å². The second-order valence-corrected chi connectivity index (χ2v) is 12.8. The second kappa shape index (κ2) is 13.5. The molecule has 1 N–H and O–H groups in total. The van der Waals surface area contributed by atoms with Gasteiger partial charge in [-0.2, -0.15) is 0 Å². The van der Waals surface area contributed by atoms with E-state index in [0.29, 0.717) is 30.3 Å². The van der Waals surface area contributed by atoms with Crippen molar-refractivity contribution in [2.24, 2.45) is 0 Å². The number of methoxy groups -OCH3 is 1. The number of thiazole rings is 1. The Hall–Kier alpha value is -2.32. The number of nitrogens with zero attached hydrogens (tertiary/aromatic N) is 1. The fraction of sp³-hybridized carbons (Fsp3) is 0.292. The predicted molar refractivity (Wildman–Crippen MR) is 136 cm³/mol. The fourth-order valence-corrected chi connectivity index (χ4v) is 7.71. The molecule has 7 nitrogen and oxygen atoms in total. The van der Waals surface area contributed by atoms with E-state index in [9.17, 15) is 9.59 Å². The molecule has 0 saturated carbocycles. The van der Waals surface area contributed by atoms with E-state index in [-0.39, 0.29) is 16.4 Å². The molecule has 0 bridgehead atoms. The number of aromatic nitrogens is 1. The zero-order chi connectivity index (χ0) is 24.3. The van der Waals surface area contributed by atoms with E-state index in [1.807, 2.05) is 37.3 Å². The molecule has 2 atom stereocenters. The van der Waals surface area contributed by atoms with E-state index in [4.69, 9.17) is 19.3 Å². The van der Waals surface area contributed by atoms with Gasteiger partial charge in [-0.15, -0.1) is 0 Å². The van der Waals surface area contributed by atoms with Gasteiger partial charge in [-0.1, -0.05) is 0 Å². The van der Waals surface area contributed by atoms with E-state index in [1.165, 1.54) is 28.7 Å². The van der Waals surface area contributed by atoms with Crippen LogP contribution in [0.15, 0.2) is 58.9 Å². The molecule has 0 aliphatic heterocycles. The van der Waals surface area contributed by atoms with E-state index < -0.39 is 21.7 Å². The third kappa shape index (κ3) is 8.80. The number of hydrogen-bond acceptors (Lipinski definition) is 8. The fourth-order valence-electron chi connectivity index (χ4n) is 2.97. The summed E-state index contributed by atoms with van der Waals surface area (Å²) in [5.74, 6) is 0.211. The molecule has 1 unspecified atom stereocenters. The molecule has 1 heterocycles. The van der Waals surface area contributed by atoms with Crippen molar-refractivity contribution in [3.05, 3.63) is 65.9 Å². The molecule has 1 aromatic heterocycles. The van der Waals surface area contributed by atoms with Crippen LogP contribution >= 0.6 is 23.1 Å². The summed E-state index contributed by atoms with van der Waals surface area (Å²) in [5, 5.41) is 8.84. The van der Waals surface area contributed by atoms with Gasteiger partial charge in [-0.25, -0.2) is 0 Å². The van der Waals surface area contributed by atoms with Crippen LogP contribution in [-0.2, 0) is 16.0 Å². The Kier molecular flexibility index (Phi) is 10.5. The van der Waals surface area contributed by atoms with Crippen LogP contribution in [0.2, 0.25) is 0 Å². The quantitative estimate of drug-likeness (QED) is 0.236. The Morgan fingerprint density at radius 3 is 2.68 bits per heavy atom. The van der Waals surface area contributed by atoms with Gasteiger partial charge in [0.2, 0.25) is 0 Å². The molecule has 180 valence electrons. The minimum absolute atomic E-state index is 0.00175. The maximum atomic E-state index is 13.1. The van der Waals surface area contributed by atoms with Crippen LogP contribution in [0.5, 0.6) is 11.5 Å². The van der Waals surface area contributed by atoms with Crippen LogP contribution in [0.4, 0.5) is 0 Å². The molecule has 10 heteroatoms. The number of aliphatic carboxylic acids is 1. The van der Waals surface area contributed by atoms with Gasteiger partial charge in [0.05, 0.1) is 0 Å². The summed E-state index contributed by atoms with van der Waals surface area (Å²) in [7, 11) is 1.61. The van der Waals surface area contributed by atoms with Crippen LogP contribution in [0.25, 0.3) is 0 Å². The summed E-state index contributed by atoms with van der Waals surface area (Å²) in [5.41, 5.74) is 1.69. The average molecular weight is 564 g/mol. The number of thioether (sulfide) groups is 1. The SMILES string of the molecule is COC[C@H](C)Oc1cc(OCCc2ccccc2)cc(C(=O)[AsH]c2ncc(SCC(=O)O)s2)c1. The summed E-state index contributed by atoms with van der Waals surface area (Å²) >= 11 is 1.38. The number of hydrogen-bond donors (Lipinski definition) is 1. The van der Waals surface area contributed by atoms with Gasteiger partial charge in [-0.05, 0) is 0 Å². The van der Waals surface area contributed by atoms with Crippen molar-refractivity contribution in [1.29, 1.82) is 0 Å². The summed E-state index contributed by atoms with van der Waals surface area (Å²) < 4.78 is 18.6. The molecular formula is C24H26AsNO6S2. The molecule has 0 amide bonds. The Balaban J connectivity index is 1.71. The summed E-state index contributed by atoms with van der Waals surface area (Å²) in [4.78, 5) is 28.2. The van der Waals surface area contributed by atoms with E-state index in [0.717, 1.165) is 14.4 Å². The van der Waals surface area contributed by atoms with Crippen LogP contribution in [-0.4, -0.2) is 68.6 Å². The van der Waals surface area contributed by atoms with E-state index in [2.05, 4.69) is 4.98 Å². The van der Waals surface area contributed by atoms with Crippen LogP contribution < -0.4 is 13.3 Å². The van der Waals surface area contributed by atoms with Crippen molar-refractivity contribution in [2.75, 3.05) is 26.1 Å². The molecule has 3 rings (SSSR count). The van der Waals surface area contributed by atoms with Crippen molar-refractivity contribution in [3.63, 3.8) is 0 Å². The Labute approximate surface area is 213 Å². The molecule has 3 aromatic rings. The summed E-state index contributed by atoms with van der Waals surface area (Å²) in [6.45, 7) is 2.79. The normalized spacial score (nSPS) is 12.1. The number of carboxylic acids is 1. The first kappa shape index (κ1) is 26.3. The van der Waals surface area contributed by atoms with Crippen molar-refractivity contribution < 1.29 is 28.9 Å². The molecule has 0 spiro atoms. The number of rotatable bonds is 14. The first-order valence-electron chi connectivity index (χ1n) is 10.5. The molecule has 34 heavy (non-hydrogen) atoms. The average Bonchev–Trinajstić information content (AvgIpc) is 3.25.